The van der Waals surface area contributed by atoms with Gasteiger partial charge < -0.3 is 24.8 Å². The second kappa shape index (κ2) is 8.45. The number of anilines is 1. The highest BCUT2D eigenvalue weighted by Crippen LogP contribution is 2.33. The number of hydrogen-bond donors (Lipinski definition) is 2. The molecule has 2 aliphatic rings. The van der Waals surface area contributed by atoms with E-state index in [4.69, 9.17) is 14.7 Å². The maximum atomic E-state index is 13.0. The average Bonchev–Trinajstić information content (AvgIpc) is 3.52. The van der Waals surface area contributed by atoms with E-state index in [0.717, 1.165) is 53.7 Å². The Balaban J connectivity index is 1.46. The zero-order chi connectivity index (χ0) is 22.2. The standard InChI is InChI=1S/C23H26N8O2/c32-20(29-8-6-24-7-9-29)15-31-22-18(14-26-31)21(17-2-1-3-19-16(17)4-5-25-19)27-23(28-22)30-10-12-33-13-11-30/h1-5,14,24-25H,6-13,15H2. The fourth-order valence-corrected chi connectivity index (χ4v) is 4.60. The molecular weight excluding hydrogens is 420 g/mol. The molecule has 33 heavy (non-hydrogen) atoms. The monoisotopic (exact) mass is 446 g/mol. The van der Waals surface area contributed by atoms with E-state index in [9.17, 15) is 4.79 Å². The molecule has 10 nitrogen and oxygen atoms in total. The van der Waals surface area contributed by atoms with Crippen LogP contribution < -0.4 is 10.2 Å². The lowest BCUT2D eigenvalue weighted by atomic mass is 10.0. The minimum absolute atomic E-state index is 0.0577. The van der Waals surface area contributed by atoms with E-state index in [1.165, 1.54) is 0 Å². The van der Waals surface area contributed by atoms with E-state index in [2.05, 4.69) is 38.5 Å². The molecule has 1 aromatic carbocycles. The molecule has 0 unspecified atom stereocenters. The third-order valence-electron chi connectivity index (χ3n) is 6.38. The van der Waals surface area contributed by atoms with Gasteiger partial charge in [-0.25, -0.2) is 9.67 Å². The number of carbonyl (C=O) groups is 1. The molecule has 5 heterocycles. The molecule has 3 aromatic heterocycles. The van der Waals surface area contributed by atoms with Gasteiger partial charge in [0, 0.05) is 61.9 Å². The molecule has 170 valence electrons. The molecule has 10 heteroatoms. The minimum Gasteiger partial charge on any atom is -0.378 e. The van der Waals surface area contributed by atoms with Crippen LogP contribution in [0.4, 0.5) is 5.95 Å². The number of aromatic amines is 1. The van der Waals surface area contributed by atoms with Crippen LogP contribution in [0.2, 0.25) is 0 Å². The maximum Gasteiger partial charge on any atom is 0.244 e. The maximum absolute atomic E-state index is 13.0. The number of rotatable bonds is 4. The van der Waals surface area contributed by atoms with Gasteiger partial charge in [-0.15, -0.1) is 0 Å². The number of morpholine rings is 1. The van der Waals surface area contributed by atoms with Gasteiger partial charge in [-0.1, -0.05) is 12.1 Å². The van der Waals surface area contributed by atoms with Crippen LogP contribution >= 0.6 is 0 Å². The van der Waals surface area contributed by atoms with Crippen molar-refractivity contribution in [3.63, 3.8) is 0 Å². The van der Waals surface area contributed by atoms with Crippen molar-refractivity contribution in [1.82, 2.24) is 34.9 Å². The lowest BCUT2D eigenvalue weighted by Gasteiger charge is -2.28. The van der Waals surface area contributed by atoms with Crippen molar-refractivity contribution in [3.05, 3.63) is 36.7 Å². The quantitative estimate of drug-likeness (QED) is 0.486. The number of amides is 1. The molecular formula is C23H26N8O2. The topological polar surface area (TPSA) is 104 Å². The Labute approximate surface area is 190 Å². The van der Waals surface area contributed by atoms with Crippen molar-refractivity contribution in [2.24, 2.45) is 0 Å². The molecule has 0 saturated carbocycles. The molecule has 1 amide bonds. The molecule has 0 bridgehead atoms. The molecule has 2 saturated heterocycles. The molecule has 0 spiro atoms. The van der Waals surface area contributed by atoms with Crippen molar-refractivity contribution < 1.29 is 9.53 Å². The van der Waals surface area contributed by atoms with Gasteiger partial charge in [-0.05, 0) is 12.1 Å². The fraction of sp³-hybridized carbons (Fsp3) is 0.391. The van der Waals surface area contributed by atoms with Gasteiger partial charge in [0.05, 0.1) is 30.5 Å². The second-order valence-corrected chi connectivity index (χ2v) is 8.39. The first-order chi connectivity index (χ1) is 16.3. The predicted molar refractivity (Wildman–Crippen MR) is 125 cm³/mol. The lowest BCUT2D eigenvalue weighted by molar-refractivity contribution is -0.132. The number of ether oxygens (including phenoxy) is 1. The first kappa shape index (κ1) is 20.1. The van der Waals surface area contributed by atoms with Crippen LogP contribution in [0.25, 0.3) is 33.2 Å². The smallest absolute Gasteiger partial charge is 0.244 e. The zero-order valence-corrected chi connectivity index (χ0v) is 18.3. The van der Waals surface area contributed by atoms with Crippen molar-refractivity contribution >= 4 is 33.8 Å². The van der Waals surface area contributed by atoms with Gasteiger partial charge in [0.15, 0.2) is 5.65 Å². The Morgan fingerprint density at radius 3 is 2.73 bits per heavy atom. The van der Waals surface area contributed by atoms with E-state index < -0.39 is 0 Å². The number of carbonyl (C=O) groups excluding carboxylic acids is 1. The third-order valence-corrected chi connectivity index (χ3v) is 6.38. The molecule has 6 rings (SSSR count). The van der Waals surface area contributed by atoms with Crippen molar-refractivity contribution in [1.29, 1.82) is 0 Å². The summed E-state index contributed by atoms with van der Waals surface area (Å²) in [5, 5.41) is 9.79. The van der Waals surface area contributed by atoms with Crippen LogP contribution in [0.1, 0.15) is 0 Å². The Hall–Kier alpha value is -3.50. The molecule has 2 fully saturated rings. The first-order valence-corrected chi connectivity index (χ1v) is 11.4. The number of piperazine rings is 1. The van der Waals surface area contributed by atoms with Crippen LogP contribution in [0.3, 0.4) is 0 Å². The van der Waals surface area contributed by atoms with E-state index in [-0.39, 0.29) is 12.5 Å². The van der Waals surface area contributed by atoms with Crippen LogP contribution in [0.5, 0.6) is 0 Å². The summed E-state index contributed by atoms with van der Waals surface area (Å²) in [6.07, 6.45) is 3.72. The van der Waals surface area contributed by atoms with Gasteiger partial charge >= 0.3 is 0 Å². The second-order valence-electron chi connectivity index (χ2n) is 8.39. The van der Waals surface area contributed by atoms with E-state index in [0.29, 0.717) is 37.9 Å². The van der Waals surface area contributed by atoms with E-state index in [1.54, 1.807) is 10.9 Å². The first-order valence-electron chi connectivity index (χ1n) is 11.4. The normalized spacial score (nSPS) is 17.2. The highest BCUT2D eigenvalue weighted by Gasteiger charge is 2.23. The van der Waals surface area contributed by atoms with Gasteiger partial charge in [-0.3, -0.25) is 4.79 Å². The zero-order valence-electron chi connectivity index (χ0n) is 18.3. The van der Waals surface area contributed by atoms with E-state index >= 15 is 0 Å². The minimum atomic E-state index is 0.0577. The van der Waals surface area contributed by atoms with Crippen molar-refractivity contribution in [3.8, 4) is 11.3 Å². The van der Waals surface area contributed by atoms with E-state index in [1.807, 2.05) is 17.2 Å². The summed E-state index contributed by atoms with van der Waals surface area (Å²) in [7, 11) is 0. The number of hydrogen-bond acceptors (Lipinski definition) is 7. The number of nitrogens with zero attached hydrogens (tertiary/aromatic N) is 6. The summed E-state index contributed by atoms with van der Waals surface area (Å²) in [6, 6.07) is 8.21. The third kappa shape index (κ3) is 3.70. The Bertz CT molecular complexity index is 1300. The molecule has 0 atom stereocenters. The van der Waals surface area contributed by atoms with Gasteiger partial charge in [0.2, 0.25) is 11.9 Å². The Morgan fingerprint density at radius 1 is 1.03 bits per heavy atom. The summed E-state index contributed by atoms with van der Waals surface area (Å²) in [5.74, 6) is 0.701. The summed E-state index contributed by atoms with van der Waals surface area (Å²) in [5.41, 5.74) is 3.57. The molecule has 0 aliphatic carbocycles. The number of benzene rings is 1. The highest BCUT2D eigenvalue weighted by atomic mass is 16.5. The lowest BCUT2D eigenvalue weighted by Crippen LogP contribution is -2.47. The Morgan fingerprint density at radius 2 is 1.88 bits per heavy atom. The van der Waals surface area contributed by atoms with Crippen molar-refractivity contribution in [2.45, 2.75) is 6.54 Å². The fourth-order valence-electron chi connectivity index (χ4n) is 4.60. The SMILES string of the molecule is O=C(Cn1ncc2c(-c3cccc4[nH]ccc34)nc(N3CCOCC3)nc21)N1CCNCC1. The van der Waals surface area contributed by atoms with Crippen LogP contribution in [0, 0.1) is 0 Å². The largest absolute Gasteiger partial charge is 0.378 e. The summed E-state index contributed by atoms with van der Waals surface area (Å²) in [4.78, 5) is 30.1. The molecule has 0 radical (unpaired) electrons. The van der Waals surface area contributed by atoms with Crippen LogP contribution in [0.15, 0.2) is 36.7 Å². The van der Waals surface area contributed by atoms with Gasteiger partial charge in [-0.2, -0.15) is 10.1 Å². The summed E-state index contributed by atoms with van der Waals surface area (Å²) < 4.78 is 7.24. The van der Waals surface area contributed by atoms with Crippen LogP contribution in [-0.2, 0) is 16.1 Å². The number of nitrogens with one attached hydrogen (secondary N) is 2. The molecule has 4 aromatic rings. The number of fused-ring (bicyclic) bond motifs is 2. The predicted octanol–water partition coefficient (Wildman–Crippen LogP) is 1.24. The van der Waals surface area contributed by atoms with Crippen molar-refractivity contribution in [2.75, 3.05) is 57.4 Å². The average molecular weight is 447 g/mol. The van der Waals surface area contributed by atoms with Gasteiger partial charge in [0.25, 0.3) is 0 Å². The molecule has 2 N–H and O–H groups in total. The Kier molecular flexibility index (Phi) is 5.16. The number of aromatic nitrogens is 5. The molecule has 2 aliphatic heterocycles. The number of H-pyrrole nitrogens is 1. The van der Waals surface area contributed by atoms with Gasteiger partial charge in [0.1, 0.15) is 6.54 Å². The summed E-state index contributed by atoms with van der Waals surface area (Å²) >= 11 is 0. The van der Waals surface area contributed by atoms with Crippen LogP contribution in [-0.4, -0.2) is 88.0 Å². The highest BCUT2D eigenvalue weighted by molar-refractivity contribution is 6.02. The summed E-state index contributed by atoms with van der Waals surface area (Å²) in [6.45, 7) is 5.98.